The molecule has 2 atom stereocenters. The van der Waals surface area contributed by atoms with Gasteiger partial charge in [0.2, 0.25) is 0 Å². The van der Waals surface area contributed by atoms with Crippen LogP contribution in [0.15, 0.2) is 54.6 Å². The van der Waals surface area contributed by atoms with Crippen LogP contribution in [0.2, 0.25) is 0 Å². The molecule has 2 unspecified atom stereocenters. The molecule has 0 aromatic heterocycles. The fourth-order valence-electron chi connectivity index (χ4n) is 3.34. The lowest BCUT2D eigenvalue weighted by atomic mass is 9.78. The molecule has 0 saturated carbocycles. The molecular formula is C23H34O2. The molecule has 138 valence electrons. The minimum Gasteiger partial charge on any atom is -0.508 e. The smallest absolute Gasteiger partial charge is 0.119 e. The van der Waals surface area contributed by atoms with Crippen LogP contribution in [0.1, 0.15) is 70.8 Å². The molecule has 0 aliphatic carbocycles. The van der Waals surface area contributed by atoms with Crippen molar-refractivity contribution in [3.63, 3.8) is 0 Å². The van der Waals surface area contributed by atoms with E-state index in [0.29, 0.717) is 23.3 Å². The second-order valence-corrected chi connectivity index (χ2v) is 6.60. The Balaban J connectivity index is 0.000000370. The normalized spacial score (nSPS) is 12.8. The number of aromatic hydroxyl groups is 2. The van der Waals surface area contributed by atoms with Gasteiger partial charge >= 0.3 is 0 Å². The molecule has 0 fully saturated rings. The number of hydrogen-bond acceptors (Lipinski definition) is 2. The highest BCUT2D eigenvalue weighted by Gasteiger charge is 2.22. The fourth-order valence-corrected chi connectivity index (χ4v) is 3.34. The summed E-state index contributed by atoms with van der Waals surface area (Å²) in [6, 6.07) is 16.6. The average Bonchev–Trinajstić information content (AvgIpc) is 2.63. The number of phenolic OH excluding ortho intramolecular Hbond substituents is 2. The van der Waals surface area contributed by atoms with Gasteiger partial charge in [0.05, 0.1) is 0 Å². The summed E-state index contributed by atoms with van der Waals surface area (Å²) in [5.41, 5.74) is 1.15. The van der Waals surface area contributed by atoms with Crippen molar-refractivity contribution in [1.82, 2.24) is 0 Å². The molecule has 2 heteroatoms. The Morgan fingerprint density at radius 1 is 0.760 bits per heavy atom. The molecule has 0 heterocycles. The van der Waals surface area contributed by atoms with Gasteiger partial charge in [-0.2, -0.15) is 0 Å². The standard InChI is InChI=1S/C17H28O.C6H6O/c1-4-7-11-14(6-3)15(10-5-2)16-12-8-9-13-17(16)18;7-6-4-2-1-3-5-6/h8-9,12-15,18H,4-7,10-11H2,1-3H3;1-5,7H. The molecule has 2 aromatic rings. The quantitative estimate of drug-likeness (QED) is 0.548. The summed E-state index contributed by atoms with van der Waals surface area (Å²) in [6.45, 7) is 6.77. The molecule has 0 spiro atoms. The molecule has 0 amide bonds. The van der Waals surface area contributed by atoms with E-state index in [1.807, 2.05) is 24.3 Å². The van der Waals surface area contributed by atoms with Crippen molar-refractivity contribution in [1.29, 1.82) is 0 Å². The van der Waals surface area contributed by atoms with Crippen molar-refractivity contribution in [3.8, 4) is 11.5 Å². The number of para-hydroxylation sites is 2. The third-order valence-electron chi connectivity index (χ3n) is 4.71. The largest absolute Gasteiger partial charge is 0.508 e. The van der Waals surface area contributed by atoms with Crippen LogP contribution in [0, 0.1) is 5.92 Å². The summed E-state index contributed by atoms with van der Waals surface area (Å²) in [6.07, 6.45) is 7.41. The maximum atomic E-state index is 10.1. The number of benzene rings is 2. The van der Waals surface area contributed by atoms with E-state index in [-0.39, 0.29) is 0 Å². The van der Waals surface area contributed by atoms with Crippen LogP contribution in [-0.4, -0.2) is 10.2 Å². The molecule has 0 radical (unpaired) electrons. The van der Waals surface area contributed by atoms with Gasteiger partial charge in [0.1, 0.15) is 11.5 Å². The van der Waals surface area contributed by atoms with E-state index in [9.17, 15) is 5.11 Å². The van der Waals surface area contributed by atoms with Crippen molar-refractivity contribution >= 4 is 0 Å². The van der Waals surface area contributed by atoms with Gasteiger partial charge in [0.15, 0.2) is 0 Å². The van der Waals surface area contributed by atoms with Crippen LogP contribution in [0.5, 0.6) is 11.5 Å². The van der Waals surface area contributed by atoms with Crippen LogP contribution < -0.4 is 0 Å². The molecule has 2 aromatic carbocycles. The van der Waals surface area contributed by atoms with E-state index < -0.39 is 0 Å². The van der Waals surface area contributed by atoms with Gasteiger partial charge in [-0.15, -0.1) is 0 Å². The maximum Gasteiger partial charge on any atom is 0.119 e. The molecule has 0 bridgehead atoms. The van der Waals surface area contributed by atoms with E-state index in [2.05, 4.69) is 26.8 Å². The number of rotatable bonds is 8. The third kappa shape index (κ3) is 7.64. The lowest BCUT2D eigenvalue weighted by Crippen LogP contribution is -2.13. The molecular weight excluding hydrogens is 308 g/mol. The Labute approximate surface area is 153 Å². The van der Waals surface area contributed by atoms with Crippen LogP contribution in [0.4, 0.5) is 0 Å². The Morgan fingerprint density at radius 2 is 1.40 bits per heavy atom. The summed E-state index contributed by atoms with van der Waals surface area (Å²) in [7, 11) is 0. The second-order valence-electron chi connectivity index (χ2n) is 6.60. The zero-order valence-electron chi connectivity index (χ0n) is 16.0. The minimum atomic E-state index is 0.322. The SMILES string of the molecule is CCCCC(CC)C(CCC)c1ccccc1O.Oc1ccccc1. The van der Waals surface area contributed by atoms with Crippen molar-refractivity contribution < 1.29 is 10.2 Å². The van der Waals surface area contributed by atoms with Gasteiger partial charge < -0.3 is 10.2 Å². The first-order chi connectivity index (χ1) is 12.1. The molecule has 2 N–H and O–H groups in total. The van der Waals surface area contributed by atoms with Gasteiger partial charge in [-0.1, -0.05) is 82.9 Å². The minimum absolute atomic E-state index is 0.322. The molecule has 0 aliphatic heterocycles. The first-order valence-corrected chi connectivity index (χ1v) is 9.65. The summed E-state index contributed by atoms with van der Waals surface area (Å²) >= 11 is 0. The highest BCUT2D eigenvalue weighted by atomic mass is 16.3. The number of hydrogen-bond donors (Lipinski definition) is 2. The first kappa shape index (κ1) is 21.1. The van der Waals surface area contributed by atoms with E-state index in [4.69, 9.17) is 5.11 Å². The topological polar surface area (TPSA) is 40.5 Å². The van der Waals surface area contributed by atoms with Gasteiger partial charge in [0.25, 0.3) is 0 Å². The van der Waals surface area contributed by atoms with Gasteiger partial charge in [0, 0.05) is 0 Å². The van der Waals surface area contributed by atoms with E-state index in [1.165, 1.54) is 38.5 Å². The molecule has 0 saturated heterocycles. The van der Waals surface area contributed by atoms with Crippen LogP contribution in [0.3, 0.4) is 0 Å². The maximum absolute atomic E-state index is 10.1. The van der Waals surface area contributed by atoms with E-state index >= 15 is 0 Å². The molecule has 0 aliphatic rings. The van der Waals surface area contributed by atoms with Crippen molar-refractivity contribution in [2.75, 3.05) is 0 Å². The monoisotopic (exact) mass is 342 g/mol. The van der Waals surface area contributed by atoms with Crippen molar-refractivity contribution in [3.05, 3.63) is 60.2 Å². The first-order valence-electron chi connectivity index (χ1n) is 9.65. The molecule has 2 rings (SSSR count). The van der Waals surface area contributed by atoms with Crippen molar-refractivity contribution in [2.24, 2.45) is 5.92 Å². The lowest BCUT2D eigenvalue weighted by Gasteiger charge is -2.27. The fraction of sp³-hybridized carbons (Fsp3) is 0.478. The third-order valence-corrected chi connectivity index (χ3v) is 4.71. The predicted octanol–water partition coefficient (Wildman–Crippen LogP) is 6.88. The number of phenols is 2. The lowest BCUT2D eigenvalue weighted by molar-refractivity contribution is 0.343. The Kier molecular flexibility index (Phi) is 10.5. The summed E-state index contributed by atoms with van der Waals surface area (Å²) in [5.74, 6) is 2.03. The Bertz CT molecular complexity index is 565. The summed E-state index contributed by atoms with van der Waals surface area (Å²) in [5, 5.41) is 18.7. The van der Waals surface area contributed by atoms with Gasteiger partial charge in [-0.3, -0.25) is 0 Å². The zero-order chi connectivity index (χ0) is 18.5. The highest BCUT2D eigenvalue weighted by Crippen LogP contribution is 2.38. The second kappa shape index (κ2) is 12.4. The number of unbranched alkanes of at least 4 members (excludes halogenated alkanes) is 1. The van der Waals surface area contributed by atoms with Crippen molar-refractivity contribution in [2.45, 2.75) is 65.2 Å². The Morgan fingerprint density at radius 3 is 1.88 bits per heavy atom. The Hall–Kier alpha value is -1.96. The zero-order valence-corrected chi connectivity index (χ0v) is 16.0. The van der Waals surface area contributed by atoms with Crippen LogP contribution in [-0.2, 0) is 0 Å². The van der Waals surface area contributed by atoms with E-state index in [1.54, 1.807) is 24.3 Å². The highest BCUT2D eigenvalue weighted by molar-refractivity contribution is 5.35. The average molecular weight is 343 g/mol. The van der Waals surface area contributed by atoms with Crippen LogP contribution in [0.25, 0.3) is 0 Å². The van der Waals surface area contributed by atoms with Crippen LogP contribution >= 0.6 is 0 Å². The molecule has 2 nitrogen and oxygen atoms in total. The van der Waals surface area contributed by atoms with Gasteiger partial charge in [-0.25, -0.2) is 0 Å². The predicted molar refractivity (Wildman–Crippen MR) is 107 cm³/mol. The van der Waals surface area contributed by atoms with Gasteiger partial charge in [-0.05, 0) is 48.4 Å². The molecule has 25 heavy (non-hydrogen) atoms. The van der Waals surface area contributed by atoms with E-state index in [0.717, 1.165) is 5.56 Å². The summed E-state index contributed by atoms with van der Waals surface area (Å²) < 4.78 is 0. The summed E-state index contributed by atoms with van der Waals surface area (Å²) in [4.78, 5) is 0.